The molecule has 6 nitrogen and oxygen atoms in total. The number of nitrogens with one attached hydrogen (secondary N) is 1. The number of rotatable bonds is 9. The first-order valence-corrected chi connectivity index (χ1v) is 11.0. The molecular formula is C18H27ClN2O4S. The van der Waals surface area contributed by atoms with Gasteiger partial charge in [0.1, 0.15) is 0 Å². The van der Waals surface area contributed by atoms with Crippen LogP contribution in [0, 0.1) is 5.92 Å². The lowest BCUT2D eigenvalue weighted by Crippen LogP contribution is -2.43. The Bertz CT molecular complexity index is 688. The van der Waals surface area contributed by atoms with E-state index < -0.39 is 10.0 Å². The second-order valence-electron chi connectivity index (χ2n) is 6.40. The second kappa shape index (κ2) is 10.3. The van der Waals surface area contributed by atoms with Crippen LogP contribution >= 0.6 is 11.6 Å². The number of hydrogen-bond acceptors (Lipinski definition) is 4. The van der Waals surface area contributed by atoms with E-state index in [0.717, 1.165) is 6.42 Å². The molecule has 1 heterocycles. The Labute approximate surface area is 160 Å². The topological polar surface area (TPSA) is 75.7 Å². The molecule has 0 radical (unpaired) electrons. The van der Waals surface area contributed by atoms with Gasteiger partial charge in [-0.3, -0.25) is 4.79 Å². The summed E-state index contributed by atoms with van der Waals surface area (Å²) in [6.07, 6.45) is 1.88. The van der Waals surface area contributed by atoms with E-state index in [1.165, 1.54) is 4.31 Å². The summed E-state index contributed by atoms with van der Waals surface area (Å²) in [7, 11) is -3.40. The number of carbonyl (C=O) groups is 1. The number of sulfonamides is 1. The van der Waals surface area contributed by atoms with Crippen molar-refractivity contribution < 1.29 is 17.9 Å². The number of ether oxygens (including phenoxy) is 1. The zero-order valence-electron chi connectivity index (χ0n) is 15.1. The molecule has 1 aliphatic heterocycles. The molecule has 1 aromatic carbocycles. The largest absolute Gasteiger partial charge is 0.382 e. The summed E-state index contributed by atoms with van der Waals surface area (Å²) in [5, 5.41) is 3.43. The van der Waals surface area contributed by atoms with Crippen LogP contribution in [0.25, 0.3) is 0 Å². The minimum atomic E-state index is -3.40. The highest BCUT2D eigenvalue weighted by molar-refractivity contribution is 7.88. The lowest BCUT2D eigenvalue weighted by Gasteiger charge is -2.30. The average Bonchev–Trinajstić information content (AvgIpc) is 2.61. The number of hydrogen-bond donors (Lipinski definition) is 1. The van der Waals surface area contributed by atoms with Gasteiger partial charge in [0, 0.05) is 43.8 Å². The van der Waals surface area contributed by atoms with E-state index in [-0.39, 0.29) is 17.6 Å². The third-order valence-electron chi connectivity index (χ3n) is 4.43. The summed E-state index contributed by atoms with van der Waals surface area (Å²) in [5.74, 6) is -0.185. The molecule has 1 aliphatic rings. The van der Waals surface area contributed by atoms with E-state index in [1.807, 2.05) is 6.92 Å². The third kappa shape index (κ3) is 6.54. The highest BCUT2D eigenvalue weighted by atomic mass is 35.5. The van der Waals surface area contributed by atoms with Crippen molar-refractivity contribution in [2.45, 2.75) is 31.9 Å². The molecule has 0 spiro atoms. The fraction of sp³-hybridized carbons (Fsp3) is 0.611. The van der Waals surface area contributed by atoms with Crippen LogP contribution in [-0.4, -0.2) is 51.5 Å². The summed E-state index contributed by atoms with van der Waals surface area (Å²) in [6.45, 7) is 4.59. The molecule has 26 heavy (non-hydrogen) atoms. The first-order chi connectivity index (χ1) is 12.4. The van der Waals surface area contributed by atoms with Crippen LogP contribution in [-0.2, 0) is 25.3 Å². The van der Waals surface area contributed by atoms with Crippen molar-refractivity contribution in [3.8, 4) is 0 Å². The van der Waals surface area contributed by atoms with Crippen LogP contribution in [0.4, 0.5) is 0 Å². The standard InChI is InChI=1S/C18H27ClN2O4S/c1-2-25-12-4-9-20-18(22)16-7-10-21(11-8-16)26(23,24)14-15-5-3-6-17(19)13-15/h3,5-6,13,16H,2,4,7-12,14H2,1H3,(H,20,22). The quantitative estimate of drug-likeness (QED) is 0.643. The molecular weight excluding hydrogens is 376 g/mol. The molecule has 8 heteroatoms. The van der Waals surface area contributed by atoms with Crippen LogP contribution in [0.3, 0.4) is 0 Å². The molecule has 0 aromatic heterocycles. The predicted octanol–water partition coefficient (Wildman–Crippen LogP) is 2.42. The smallest absolute Gasteiger partial charge is 0.223 e. The summed E-state index contributed by atoms with van der Waals surface area (Å²) in [4.78, 5) is 12.2. The summed E-state index contributed by atoms with van der Waals surface area (Å²) < 4.78 is 31.9. The molecule has 1 N–H and O–H groups in total. The van der Waals surface area contributed by atoms with Crippen LogP contribution in [0.15, 0.2) is 24.3 Å². The van der Waals surface area contributed by atoms with Crippen LogP contribution in [0.5, 0.6) is 0 Å². The minimum absolute atomic E-state index is 0.00777. The maximum absolute atomic E-state index is 12.6. The van der Waals surface area contributed by atoms with Gasteiger partial charge in [0.25, 0.3) is 0 Å². The van der Waals surface area contributed by atoms with E-state index in [9.17, 15) is 13.2 Å². The Morgan fingerprint density at radius 2 is 2.08 bits per heavy atom. The number of piperidine rings is 1. The number of carbonyl (C=O) groups excluding carboxylic acids is 1. The molecule has 1 amide bonds. The van der Waals surface area contributed by atoms with Crippen molar-refractivity contribution in [2.75, 3.05) is 32.8 Å². The SMILES string of the molecule is CCOCCCNC(=O)C1CCN(S(=O)(=O)Cc2cccc(Cl)c2)CC1. The second-order valence-corrected chi connectivity index (χ2v) is 8.81. The zero-order chi connectivity index (χ0) is 19.0. The monoisotopic (exact) mass is 402 g/mol. The van der Waals surface area contributed by atoms with Gasteiger partial charge in [0.15, 0.2) is 0 Å². The van der Waals surface area contributed by atoms with Gasteiger partial charge in [0.2, 0.25) is 15.9 Å². The molecule has 0 aliphatic carbocycles. The van der Waals surface area contributed by atoms with Gasteiger partial charge in [0.05, 0.1) is 5.75 Å². The van der Waals surface area contributed by atoms with Gasteiger partial charge >= 0.3 is 0 Å². The maximum atomic E-state index is 12.6. The van der Waals surface area contributed by atoms with Crippen molar-refractivity contribution in [3.63, 3.8) is 0 Å². The fourth-order valence-corrected chi connectivity index (χ4v) is 4.76. The van der Waals surface area contributed by atoms with Gasteiger partial charge in [-0.25, -0.2) is 12.7 Å². The van der Waals surface area contributed by atoms with Crippen molar-refractivity contribution in [1.82, 2.24) is 9.62 Å². The first kappa shape index (κ1) is 21.2. The zero-order valence-corrected chi connectivity index (χ0v) is 16.7. The molecule has 1 saturated heterocycles. The molecule has 2 rings (SSSR count). The Kier molecular flexibility index (Phi) is 8.34. The lowest BCUT2D eigenvalue weighted by atomic mass is 9.97. The average molecular weight is 403 g/mol. The Morgan fingerprint density at radius 1 is 1.35 bits per heavy atom. The van der Waals surface area contributed by atoms with Crippen molar-refractivity contribution in [1.29, 1.82) is 0 Å². The van der Waals surface area contributed by atoms with Gasteiger partial charge in [-0.15, -0.1) is 0 Å². The molecule has 146 valence electrons. The maximum Gasteiger partial charge on any atom is 0.223 e. The molecule has 1 fully saturated rings. The van der Waals surface area contributed by atoms with E-state index in [2.05, 4.69) is 5.32 Å². The van der Waals surface area contributed by atoms with Gasteiger partial charge in [-0.1, -0.05) is 23.7 Å². The summed E-state index contributed by atoms with van der Waals surface area (Å²) in [6, 6.07) is 6.89. The molecule has 0 bridgehead atoms. The van der Waals surface area contributed by atoms with E-state index in [1.54, 1.807) is 24.3 Å². The van der Waals surface area contributed by atoms with Crippen LogP contribution < -0.4 is 5.32 Å². The number of benzene rings is 1. The highest BCUT2D eigenvalue weighted by Gasteiger charge is 2.31. The first-order valence-electron chi connectivity index (χ1n) is 9.00. The van der Waals surface area contributed by atoms with Gasteiger partial charge in [-0.2, -0.15) is 0 Å². The fourth-order valence-electron chi connectivity index (χ4n) is 3.00. The molecule has 0 saturated carbocycles. The van der Waals surface area contributed by atoms with Crippen LogP contribution in [0.1, 0.15) is 31.7 Å². The number of nitrogens with zero attached hydrogens (tertiary/aromatic N) is 1. The Balaban J connectivity index is 1.78. The lowest BCUT2D eigenvalue weighted by molar-refractivity contribution is -0.126. The summed E-state index contributed by atoms with van der Waals surface area (Å²) in [5.41, 5.74) is 0.673. The predicted molar refractivity (Wildman–Crippen MR) is 102 cm³/mol. The molecule has 0 unspecified atom stereocenters. The Hall–Kier alpha value is -1.15. The number of amides is 1. The van der Waals surface area contributed by atoms with E-state index in [0.29, 0.717) is 56.3 Å². The number of halogens is 1. The minimum Gasteiger partial charge on any atom is -0.382 e. The van der Waals surface area contributed by atoms with Gasteiger partial charge in [-0.05, 0) is 43.9 Å². The Morgan fingerprint density at radius 3 is 2.73 bits per heavy atom. The molecule has 1 aromatic rings. The van der Waals surface area contributed by atoms with Gasteiger partial charge < -0.3 is 10.1 Å². The normalized spacial score (nSPS) is 16.5. The third-order valence-corrected chi connectivity index (χ3v) is 6.51. The van der Waals surface area contributed by atoms with E-state index in [4.69, 9.17) is 16.3 Å². The molecule has 0 atom stereocenters. The van der Waals surface area contributed by atoms with Crippen molar-refractivity contribution in [3.05, 3.63) is 34.9 Å². The highest BCUT2D eigenvalue weighted by Crippen LogP contribution is 2.22. The van der Waals surface area contributed by atoms with Crippen molar-refractivity contribution >= 4 is 27.5 Å². The van der Waals surface area contributed by atoms with Crippen molar-refractivity contribution in [2.24, 2.45) is 5.92 Å². The van der Waals surface area contributed by atoms with Crippen LogP contribution in [0.2, 0.25) is 5.02 Å². The van der Waals surface area contributed by atoms with E-state index >= 15 is 0 Å². The summed E-state index contributed by atoms with van der Waals surface area (Å²) >= 11 is 5.92.